The minimum absolute atomic E-state index is 0.401. The number of H-pyrrole nitrogens is 1. The minimum Gasteiger partial charge on any atom is -0.493 e. The summed E-state index contributed by atoms with van der Waals surface area (Å²) in [6.07, 6.45) is 5.41. The van der Waals surface area contributed by atoms with Crippen molar-refractivity contribution in [1.82, 2.24) is 29.7 Å². The molecule has 0 aliphatic rings. The molecule has 0 aliphatic carbocycles. The molecule has 8 nitrogen and oxygen atoms in total. The summed E-state index contributed by atoms with van der Waals surface area (Å²) in [4.78, 5) is 16.3. The third-order valence-corrected chi connectivity index (χ3v) is 5.44. The second kappa shape index (κ2) is 7.72. The first-order valence-corrected chi connectivity index (χ1v) is 10.1. The number of ether oxygens (including phenoxy) is 2. The summed E-state index contributed by atoms with van der Waals surface area (Å²) < 4.78 is 12.6. The van der Waals surface area contributed by atoms with E-state index in [1.165, 1.54) is 0 Å². The van der Waals surface area contributed by atoms with Crippen LogP contribution in [0.3, 0.4) is 0 Å². The van der Waals surface area contributed by atoms with Gasteiger partial charge in [0.25, 0.3) is 0 Å². The summed E-state index contributed by atoms with van der Waals surface area (Å²) in [6.45, 7) is 0.432. The van der Waals surface area contributed by atoms with Gasteiger partial charge in [-0.25, -0.2) is 9.97 Å². The lowest BCUT2D eigenvalue weighted by molar-refractivity contribution is 0.355. The molecule has 156 valence electrons. The van der Waals surface area contributed by atoms with E-state index in [4.69, 9.17) is 32.7 Å². The molecule has 4 aromatic heterocycles. The summed E-state index contributed by atoms with van der Waals surface area (Å²) in [6, 6.07) is 7.13. The van der Waals surface area contributed by atoms with Crippen LogP contribution in [0.25, 0.3) is 33.2 Å². The summed E-state index contributed by atoms with van der Waals surface area (Å²) in [5.41, 5.74) is 3.74. The van der Waals surface area contributed by atoms with Crippen LogP contribution in [0.1, 0.15) is 5.82 Å². The number of fused-ring (bicyclic) bond motifs is 2. The molecule has 10 heteroatoms. The van der Waals surface area contributed by atoms with Gasteiger partial charge in [0.05, 0.1) is 37.5 Å². The fourth-order valence-corrected chi connectivity index (χ4v) is 3.89. The van der Waals surface area contributed by atoms with Crippen molar-refractivity contribution in [3.63, 3.8) is 0 Å². The molecule has 0 fully saturated rings. The number of methoxy groups -OCH3 is 2. The maximum atomic E-state index is 6.54. The van der Waals surface area contributed by atoms with Crippen molar-refractivity contribution in [2.45, 2.75) is 6.54 Å². The highest BCUT2D eigenvalue weighted by Crippen LogP contribution is 2.40. The van der Waals surface area contributed by atoms with E-state index in [1.54, 1.807) is 43.4 Å². The average molecular weight is 455 g/mol. The zero-order valence-electron chi connectivity index (χ0n) is 16.6. The number of hydrogen-bond acceptors (Lipinski definition) is 6. The monoisotopic (exact) mass is 454 g/mol. The Kier molecular flexibility index (Phi) is 4.88. The molecule has 0 atom stereocenters. The van der Waals surface area contributed by atoms with Crippen molar-refractivity contribution >= 4 is 45.3 Å². The number of rotatable bonds is 5. The predicted molar refractivity (Wildman–Crippen MR) is 119 cm³/mol. The van der Waals surface area contributed by atoms with E-state index in [9.17, 15) is 0 Å². The van der Waals surface area contributed by atoms with E-state index in [1.807, 2.05) is 18.3 Å². The van der Waals surface area contributed by atoms with Gasteiger partial charge in [-0.15, -0.1) is 0 Å². The van der Waals surface area contributed by atoms with Crippen LogP contribution in [0.5, 0.6) is 11.5 Å². The fraction of sp³-hybridized carbons (Fsp3) is 0.143. The number of halogens is 2. The maximum Gasteiger partial charge on any atom is 0.179 e. The van der Waals surface area contributed by atoms with Crippen LogP contribution in [-0.4, -0.2) is 43.9 Å². The smallest absolute Gasteiger partial charge is 0.179 e. The van der Waals surface area contributed by atoms with E-state index in [-0.39, 0.29) is 0 Å². The lowest BCUT2D eigenvalue weighted by Crippen LogP contribution is -2.01. The molecule has 0 radical (unpaired) electrons. The summed E-state index contributed by atoms with van der Waals surface area (Å²) in [7, 11) is 3.16. The SMILES string of the molecule is COc1cc(Cl)c(-c2cncc3nn(Cc4nc5nc(Cl)ccc5[nH]4)cc23)cc1OC. The standard InChI is InChI=1S/C21H16Cl2N6O2/c1-30-17-5-11(14(22)6-18(17)31-2)12-7-24-8-16-13(12)9-29(28-16)10-20-25-15-3-4-19(23)26-21(15)27-20/h3-9H,10H2,1-2H3,(H,25,26,27). The molecule has 0 spiro atoms. The van der Waals surface area contributed by atoms with Gasteiger partial charge in [0.15, 0.2) is 17.1 Å². The second-order valence-electron chi connectivity index (χ2n) is 6.82. The molecule has 31 heavy (non-hydrogen) atoms. The van der Waals surface area contributed by atoms with Crippen molar-refractivity contribution in [3.05, 3.63) is 58.9 Å². The molecule has 5 rings (SSSR count). The van der Waals surface area contributed by atoms with Gasteiger partial charge in [-0.3, -0.25) is 9.67 Å². The van der Waals surface area contributed by atoms with E-state index in [0.29, 0.717) is 33.9 Å². The maximum absolute atomic E-state index is 6.54. The van der Waals surface area contributed by atoms with Crippen LogP contribution < -0.4 is 9.47 Å². The van der Waals surface area contributed by atoms with Crippen LogP contribution in [0.4, 0.5) is 0 Å². The van der Waals surface area contributed by atoms with Crippen LogP contribution in [-0.2, 0) is 6.54 Å². The lowest BCUT2D eigenvalue weighted by Gasteiger charge is -2.12. The highest BCUT2D eigenvalue weighted by molar-refractivity contribution is 6.34. The van der Waals surface area contributed by atoms with Gasteiger partial charge in [-0.1, -0.05) is 23.2 Å². The van der Waals surface area contributed by atoms with Crippen LogP contribution in [0, 0.1) is 0 Å². The van der Waals surface area contributed by atoms with Crippen molar-refractivity contribution in [1.29, 1.82) is 0 Å². The van der Waals surface area contributed by atoms with Crippen LogP contribution in [0.15, 0.2) is 42.9 Å². The summed E-state index contributed by atoms with van der Waals surface area (Å²) >= 11 is 12.5. The zero-order chi connectivity index (χ0) is 21.5. The van der Waals surface area contributed by atoms with Crippen molar-refractivity contribution < 1.29 is 9.47 Å². The normalized spacial score (nSPS) is 11.4. The van der Waals surface area contributed by atoms with E-state index in [2.05, 4.69) is 25.0 Å². The molecule has 0 saturated carbocycles. The molecule has 0 amide bonds. The van der Waals surface area contributed by atoms with Gasteiger partial charge in [0.1, 0.15) is 16.5 Å². The van der Waals surface area contributed by atoms with Gasteiger partial charge in [-0.2, -0.15) is 5.10 Å². The quantitative estimate of drug-likeness (QED) is 0.385. The average Bonchev–Trinajstić information content (AvgIpc) is 3.35. The summed E-state index contributed by atoms with van der Waals surface area (Å²) in [5.74, 6) is 1.86. The van der Waals surface area contributed by atoms with Gasteiger partial charge >= 0.3 is 0 Å². The number of benzene rings is 1. The van der Waals surface area contributed by atoms with E-state index in [0.717, 1.165) is 33.4 Å². The first-order chi connectivity index (χ1) is 15.1. The number of pyridine rings is 2. The number of hydrogen-bond donors (Lipinski definition) is 1. The largest absolute Gasteiger partial charge is 0.493 e. The Morgan fingerprint density at radius 1 is 1.00 bits per heavy atom. The molecular weight excluding hydrogens is 439 g/mol. The van der Waals surface area contributed by atoms with Crippen molar-refractivity contribution in [3.8, 4) is 22.6 Å². The Morgan fingerprint density at radius 2 is 1.81 bits per heavy atom. The Labute approximate surface area is 186 Å². The molecule has 0 bridgehead atoms. The third-order valence-electron chi connectivity index (χ3n) is 4.92. The zero-order valence-corrected chi connectivity index (χ0v) is 18.1. The first kappa shape index (κ1) is 19.6. The van der Waals surface area contributed by atoms with Crippen molar-refractivity contribution in [2.75, 3.05) is 14.2 Å². The minimum atomic E-state index is 0.401. The Bertz CT molecular complexity index is 1430. The van der Waals surface area contributed by atoms with Crippen LogP contribution in [0.2, 0.25) is 10.2 Å². The number of nitrogens with zero attached hydrogens (tertiary/aromatic N) is 5. The molecule has 0 aliphatic heterocycles. The number of aromatic nitrogens is 6. The molecule has 5 aromatic rings. The number of imidazole rings is 1. The topological polar surface area (TPSA) is 90.7 Å². The van der Waals surface area contributed by atoms with Gasteiger partial charge < -0.3 is 14.5 Å². The van der Waals surface area contributed by atoms with Gasteiger partial charge in [0, 0.05) is 35.0 Å². The Balaban J connectivity index is 1.56. The number of aromatic amines is 1. The molecule has 1 aromatic carbocycles. The number of nitrogens with one attached hydrogen (secondary N) is 1. The van der Waals surface area contributed by atoms with Crippen LogP contribution >= 0.6 is 23.2 Å². The first-order valence-electron chi connectivity index (χ1n) is 9.30. The van der Waals surface area contributed by atoms with Gasteiger partial charge in [0.2, 0.25) is 0 Å². The van der Waals surface area contributed by atoms with E-state index < -0.39 is 0 Å². The lowest BCUT2D eigenvalue weighted by atomic mass is 10.0. The Hall–Kier alpha value is -3.36. The van der Waals surface area contributed by atoms with E-state index >= 15 is 0 Å². The molecule has 0 saturated heterocycles. The molecule has 1 N–H and O–H groups in total. The molecule has 4 heterocycles. The Morgan fingerprint density at radius 3 is 2.61 bits per heavy atom. The fourth-order valence-electron chi connectivity index (χ4n) is 3.49. The predicted octanol–water partition coefficient (Wildman–Crippen LogP) is 4.74. The summed E-state index contributed by atoms with van der Waals surface area (Å²) in [5, 5.41) is 6.47. The molecular formula is C21H16Cl2N6O2. The second-order valence-corrected chi connectivity index (χ2v) is 7.62. The van der Waals surface area contributed by atoms with Gasteiger partial charge in [-0.05, 0) is 18.2 Å². The highest BCUT2D eigenvalue weighted by atomic mass is 35.5. The van der Waals surface area contributed by atoms with Crippen molar-refractivity contribution in [2.24, 2.45) is 0 Å². The highest BCUT2D eigenvalue weighted by Gasteiger charge is 2.16. The third kappa shape index (κ3) is 3.54. The molecule has 0 unspecified atom stereocenters.